The molecule has 0 aliphatic carbocycles. The molecule has 3 aromatic rings. The highest BCUT2D eigenvalue weighted by atomic mass is 35.5. The number of benzene rings is 2. The minimum Gasteiger partial charge on any atom is -0.422 e. The SMILES string of the molecule is N#Cc1nc(-c2ccccc2)oc1S(=O)(=O)N1CCN(c2cccc(Cl)c2)CC1. The van der Waals surface area contributed by atoms with Crippen LogP contribution in [-0.4, -0.2) is 43.9 Å². The summed E-state index contributed by atoms with van der Waals surface area (Å²) in [4.78, 5) is 6.14. The van der Waals surface area contributed by atoms with Gasteiger partial charge in [-0.1, -0.05) is 35.9 Å². The van der Waals surface area contributed by atoms with Crippen molar-refractivity contribution in [1.82, 2.24) is 9.29 Å². The van der Waals surface area contributed by atoms with Gasteiger partial charge in [0.05, 0.1) is 0 Å². The second kappa shape index (κ2) is 7.87. The molecule has 0 saturated carbocycles. The van der Waals surface area contributed by atoms with Gasteiger partial charge in [0.25, 0.3) is 15.1 Å². The van der Waals surface area contributed by atoms with Crippen LogP contribution < -0.4 is 4.90 Å². The molecule has 1 aliphatic heterocycles. The summed E-state index contributed by atoms with van der Waals surface area (Å²) in [5.74, 6) is 0.110. The van der Waals surface area contributed by atoms with E-state index in [0.717, 1.165) is 5.69 Å². The molecule has 4 rings (SSSR count). The second-order valence-corrected chi connectivity index (χ2v) is 8.78. The minimum absolute atomic E-state index is 0.110. The Bertz CT molecular complexity index is 1160. The number of anilines is 1. The van der Waals surface area contributed by atoms with E-state index in [2.05, 4.69) is 9.88 Å². The topological polar surface area (TPSA) is 90.4 Å². The molecule has 0 spiro atoms. The van der Waals surface area contributed by atoms with Crippen LogP contribution in [-0.2, 0) is 10.0 Å². The molecule has 0 amide bonds. The van der Waals surface area contributed by atoms with E-state index >= 15 is 0 Å². The maximum atomic E-state index is 13.1. The number of hydrogen-bond donors (Lipinski definition) is 0. The van der Waals surface area contributed by atoms with Crippen LogP contribution in [0.1, 0.15) is 5.69 Å². The smallest absolute Gasteiger partial charge is 0.279 e. The monoisotopic (exact) mass is 428 g/mol. The van der Waals surface area contributed by atoms with Gasteiger partial charge in [-0.3, -0.25) is 0 Å². The van der Waals surface area contributed by atoms with E-state index in [0.29, 0.717) is 23.7 Å². The van der Waals surface area contributed by atoms with Gasteiger partial charge in [-0.25, -0.2) is 8.42 Å². The van der Waals surface area contributed by atoms with E-state index in [1.165, 1.54) is 4.31 Å². The number of nitriles is 1. The van der Waals surface area contributed by atoms with Crippen LogP contribution in [0.5, 0.6) is 0 Å². The number of aromatic nitrogens is 1. The van der Waals surface area contributed by atoms with Gasteiger partial charge < -0.3 is 9.32 Å². The summed E-state index contributed by atoms with van der Waals surface area (Å²) in [5.41, 5.74) is 1.32. The van der Waals surface area contributed by atoms with Crippen LogP contribution in [0.3, 0.4) is 0 Å². The summed E-state index contributed by atoms with van der Waals surface area (Å²) in [7, 11) is -3.98. The number of piperazine rings is 1. The molecule has 7 nitrogen and oxygen atoms in total. The van der Waals surface area contributed by atoms with Crippen LogP contribution in [0, 0.1) is 11.3 Å². The van der Waals surface area contributed by atoms with Crippen molar-refractivity contribution in [2.75, 3.05) is 31.1 Å². The normalized spacial score (nSPS) is 15.2. The molecule has 0 radical (unpaired) electrons. The van der Waals surface area contributed by atoms with Crippen molar-refractivity contribution in [3.63, 3.8) is 0 Å². The molecule has 29 heavy (non-hydrogen) atoms. The third kappa shape index (κ3) is 3.85. The highest BCUT2D eigenvalue weighted by Crippen LogP contribution is 2.28. The molecule has 0 atom stereocenters. The van der Waals surface area contributed by atoms with Crippen LogP contribution in [0.15, 0.2) is 64.1 Å². The van der Waals surface area contributed by atoms with Crippen molar-refractivity contribution in [2.24, 2.45) is 0 Å². The average Bonchev–Trinajstić information content (AvgIpc) is 3.20. The predicted octanol–water partition coefficient (Wildman–Crippen LogP) is 3.38. The average molecular weight is 429 g/mol. The minimum atomic E-state index is -3.98. The lowest BCUT2D eigenvalue weighted by Gasteiger charge is -2.34. The van der Waals surface area contributed by atoms with Crippen LogP contribution in [0.2, 0.25) is 5.02 Å². The number of rotatable bonds is 4. The Morgan fingerprint density at radius 1 is 1.03 bits per heavy atom. The number of hydrogen-bond acceptors (Lipinski definition) is 6. The van der Waals surface area contributed by atoms with Crippen molar-refractivity contribution in [3.8, 4) is 17.5 Å². The van der Waals surface area contributed by atoms with Gasteiger partial charge in [-0.2, -0.15) is 14.6 Å². The lowest BCUT2D eigenvalue weighted by atomic mass is 10.2. The first-order valence-corrected chi connectivity index (χ1v) is 10.8. The quantitative estimate of drug-likeness (QED) is 0.632. The maximum Gasteiger partial charge on any atom is 0.279 e. The number of oxazole rings is 1. The van der Waals surface area contributed by atoms with E-state index < -0.39 is 15.1 Å². The zero-order chi connectivity index (χ0) is 20.4. The molecule has 0 N–H and O–H groups in total. The summed E-state index contributed by atoms with van der Waals surface area (Å²) in [6, 6.07) is 18.2. The van der Waals surface area contributed by atoms with E-state index in [1.54, 1.807) is 30.3 Å². The van der Waals surface area contributed by atoms with Crippen molar-refractivity contribution in [2.45, 2.75) is 5.09 Å². The largest absolute Gasteiger partial charge is 0.422 e. The Balaban J connectivity index is 1.57. The lowest BCUT2D eigenvalue weighted by molar-refractivity contribution is 0.363. The number of halogens is 1. The molecule has 0 unspecified atom stereocenters. The van der Waals surface area contributed by atoms with Crippen molar-refractivity contribution >= 4 is 27.3 Å². The molecule has 2 aromatic carbocycles. The zero-order valence-corrected chi connectivity index (χ0v) is 16.9. The van der Waals surface area contributed by atoms with E-state index in [1.807, 2.05) is 30.3 Å². The third-order valence-corrected chi connectivity index (χ3v) is 6.73. The Morgan fingerprint density at radius 2 is 1.76 bits per heavy atom. The second-order valence-electron chi connectivity index (χ2n) is 6.50. The predicted molar refractivity (Wildman–Crippen MR) is 109 cm³/mol. The Hall–Kier alpha value is -2.86. The molecule has 2 heterocycles. The summed E-state index contributed by atoms with van der Waals surface area (Å²) >= 11 is 6.05. The molecular weight excluding hydrogens is 412 g/mol. The fourth-order valence-electron chi connectivity index (χ4n) is 3.23. The highest BCUT2D eigenvalue weighted by molar-refractivity contribution is 7.89. The van der Waals surface area contributed by atoms with Crippen LogP contribution in [0.4, 0.5) is 5.69 Å². The summed E-state index contributed by atoms with van der Waals surface area (Å²) < 4.78 is 33.1. The summed E-state index contributed by atoms with van der Waals surface area (Å²) in [5, 5.41) is 9.60. The Labute approximate surface area is 173 Å². The molecule has 1 saturated heterocycles. The molecule has 1 aliphatic rings. The van der Waals surface area contributed by atoms with Crippen molar-refractivity contribution < 1.29 is 12.8 Å². The van der Waals surface area contributed by atoms with E-state index in [9.17, 15) is 13.7 Å². The molecular formula is C20H17ClN4O3S. The van der Waals surface area contributed by atoms with Crippen LogP contribution >= 0.6 is 11.6 Å². The van der Waals surface area contributed by atoms with E-state index in [4.69, 9.17) is 16.0 Å². The third-order valence-electron chi connectivity index (χ3n) is 4.71. The summed E-state index contributed by atoms with van der Waals surface area (Å²) in [6.07, 6.45) is 0. The zero-order valence-electron chi connectivity index (χ0n) is 15.3. The van der Waals surface area contributed by atoms with Crippen LogP contribution in [0.25, 0.3) is 11.5 Å². The maximum absolute atomic E-state index is 13.1. The van der Waals surface area contributed by atoms with Gasteiger partial charge in [0.2, 0.25) is 5.89 Å². The summed E-state index contributed by atoms with van der Waals surface area (Å²) in [6.45, 7) is 1.53. The first-order chi connectivity index (χ1) is 14.0. The van der Waals surface area contributed by atoms with Crippen molar-refractivity contribution in [1.29, 1.82) is 5.26 Å². The standard InChI is InChI=1S/C20H17ClN4O3S/c21-16-7-4-8-17(13-16)24-9-11-25(12-10-24)29(26,27)20-18(14-22)23-19(28-20)15-5-2-1-3-6-15/h1-8,13H,9-12H2. The lowest BCUT2D eigenvalue weighted by Crippen LogP contribution is -2.48. The fourth-order valence-corrected chi connectivity index (χ4v) is 4.82. The van der Waals surface area contributed by atoms with Gasteiger partial charge in [0.1, 0.15) is 6.07 Å². The first-order valence-electron chi connectivity index (χ1n) is 8.96. The fraction of sp³-hybridized carbons (Fsp3) is 0.200. The molecule has 148 valence electrons. The van der Waals surface area contributed by atoms with Gasteiger partial charge in [0.15, 0.2) is 5.69 Å². The van der Waals surface area contributed by atoms with Gasteiger partial charge in [-0.05, 0) is 30.3 Å². The molecule has 1 aromatic heterocycles. The molecule has 9 heteroatoms. The van der Waals surface area contributed by atoms with Gasteiger partial charge in [0, 0.05) is 42.5 Å². The Morgan fingerprint density at radius 3 is 2.41 bits per heavy atom. The van der Waals surface area contributed by atoms with Gasteiger partial charge in [-0.15, -0.1) is 0 Å². The van der Waals surface area contributed by atoms with Gasteiger partial charge >= 0.3 is 0 Å². The number of nitrogens with zero attached hydrogens (tertiary/aromatic N) is 4. The molecule has 1 fully saturated rings. The van der Waals surface area contributed by atoms with Crippen molar-refractivity contribution in [3.05, 3.63) is 65.3 Å². The first kappa shape index (κ1) is 19.5. The Kier molecular flexibility index (Phi) is 5.28. The van der Waals surface area contributed by atoms with E-state index in [-0.39, 0.29) is 24.7 Å². The highest BCUT2D eigenvalue weighted by Gasteiger charge is 2.35. The molecule has 0 bridgehead atoms. The number of sulfonamides is 1.